The third-order valence-electron chi connectivity index (χ3n) is 6.74. The Hall–Kier alpha value is -0.520. The van der Waals surface area contributed by atoms with Crippen LogP contribution < -0.4 is 0 Å². The fourth-order valence-corrected chi connectivity index (χ4v) is 5.28. The fourth-order valence-electron chi connectivity index (χ4n) is 5.28. The van der Waals surface area contributed by atoms with E-state index in [1.807, 2.05) is 0 Å². The molecule has 0 amide bonds. The van der Waals surface area contributed by atoms with Crippen molar-refractivity contribution >= 4 is 0 Å². The first kappa shape index (κ1) is 12.5. The third-order valence-corrected chi connectivity index (χ3v) is 6.74. The summed E-state index contributed by atoms with van der Waals surface area (Å²) in [5, 5.41) is 0. The zero-order chi connectivity index (χ0) is 13.1. The highest BCUT2D eigenvalue weighted by Gasteiger charge is 2.59. The third kappa shape index (κ3) is 1.33. The van der Waals surface area contributed by atoms with Crippen LogP contribution in [0, 0.1) is 16.7 Å². The fraction of sp³-hybridized carbons (Fsp3) is 0.778. The van der Waals surface area contributed by atoms with E-state index in [0.29, 0.717) is 10.8 Å². The van der Waals surface area contributed by atoms with Gasteiger partial charge in [0.05, 0.1) is 0 Å². The molecular weight excluding hydrogens is 216 g/mol. The molecule has 3 aliphatic carbocycles. The van der Waals surface area contributed by atoms with E-state index >= 15 is 0 Å². The van der Waals surface area contributed by atoms with E-state index in [1.54, 1.807) is 22.3 Å². The molecule has 0 spiro atoms. The Morgan fingerprint density at radius 1 is 1.00 bits per heavy atom. The lowest BCUT2D eigenvalue weighted by atomic mass is 9.65. The van der Waals surface area contributed by atoms with Crippen LogP contribution in [0.3, 0.4) is 0 Å². The van der Waals surface area contributed by atoms with Gasteiger partial charge in [-0.2, -0.15) is 0 Å². The molecular formula is C18H28. The van der Waals surface area contributed by atoms with Crippen molar-refractivity contribution in [3.8, 4) is 0 Å². The van der Waals surface area contributed by atoms with Crippen molar-refractivity contribution in [2.75, 3.05) is 0 Å². The monoisotopic (exact) mass is 244 g/mol. The van der Waals surface area contributed by atoms with Gasteiger partial charge in [0.2, 0.25) is 0 Å². The minimum absolute atomic E-state index is 0.454. The van der Waals surface area contributed by atoms with Crippen molar-refractivity contribution in [3.63, 3.8) is 0 Å². The predicted molar refractivity (Wildman–Crippen MR) is 78.5 cm³/mol. The normalized spacial score (nSPS) is 38.8. The summed E-state index contributed by atoms with van der Waals surface area (Å²) in [6.45, 7) is 12.4. The molecule has 1 fully saturated rings. The zero-order valence-electron chi connectivity index (χ0n) is 12.8. The Balaban J connectivity index is 2.13. The average Bonchev–Trinajstić information content (AvgIpc) is 2.61. The van der Waals surface area contributed by atoms with E-state index in [0.717, 1.165) is 5.92 Å². The van der Waals surface area contributed by atoms with Crippen molar-refractivity contribution < 1.29 is 0 Å². The van der Waals surface area contributed by atoms with Crippen LogP contribution in [0.5, 0.6) is 0 Å². The summed E-state index contributed by atoms with van der Waals surface area (Å²) in [6, 6.07) is 0. The van der Waals surface area contributed by atoms with Gasteiger partial charge in [-0.1, -0.05) is 31.9 Å². The van der Waals surface area contributed by atoms with Crippen LogP contribution in [0.25, 0.3) is 0 Å². The molecule has 18 heavy (non-hydrogen) atoms. The molecule has 3 rings (SSSR count). The summed E-state index contributed by atoms with van der Waals surface area (Å²) in [4.78, 5) is 0. The van der Waals surface area contributed by atoms with Crippen LogP contribution in [0.2, 0.25) is 0 Å². The molecule has 0 nitrogen and oxygen atoms in total. The Labute approximate surface area is 113 Å². The standard InChI is InChI=1S/C18H28/c1-12-8-6-7-9-14(12)16-13(2)15-10-11-18(16,5)17(15,3)4/h15H,6-11H2,1-5H3/t15-,18-/m0/s1. The topological polar surface area (TPSA) is 0 Å². The Kier molecular flexibility index (Phi) is 2.60. The smallest absolute Gasteiger partial charge is 0.00160 e. The molecule has 3 aliphatic rings. The summed E-state index contributed by atoms with van der Waals surface area (Å²) in [6.07, 6.45) is 8.33. The van der Waals surface area contributed by atoms with E-state index < -0.39 is 0 Å². The number of hydrogen-bond donors (Lipinski definition) is 0. The number of rotatable bonds is 1. The Morgan fingerprint density at radius 2 is 1.67 bits per heavy atom. The molecule has 100 valence electrons. The summed E-state index contributed by atoms with van der Waals surface area (Å²) in [5.74, 6) is 0.847. The van der Waals surface area contributed by atoms with Gasteiger partial charge < -0.3 is 0 Å². The highest BCUT2D eigenvalue weighted by molar-refractivity contribution is 5.51. The molecule has 0 aromatic carbocycles. The Bertz CT molecular complexity index is 447. The van der Waals surface area contributed by atoms with Gasteiger partial charge in [-0.25, -0.2) is 0 Å². The first-order chi connectivity index (χ1) is 8.39. The van der Waals surface area contributed by atoms with Crippen molar-refractivity contribution in [2.24, 2.45) is 16.7 Å². The molecule has 2 atom stereocenters. The van der Waals surface area contributed by atoms with Crippen molar-refractivity contribution in [2.45, 2.75) is 73.1 Å². The average molecular weight is 244 g/mol. The number of allylic oxidation sites excluding steroid dienone is 4. The van der Waals surface area contributed by atoms with Crippen LogP contribution in [-0.2, 0) is 0 Å². The summed E-state index contributed by atoms with van der Waals surface area (Å²) in [7, 11) is 0. The first-order valence-corrected chi connectivity index (χ1v) is 7.80. The lowest BCUT2D eigenvalue weighted by Crippen LogP contribution is -2.31. The van der Waals surface area contributed by atoms with Gasteiger partial charge >= 0.3 is 0 Å². The summed E-state index contributed by atoms with van der Waals surface area (Å²) >= 11 is 0. The zero-order valence-corrected chi connectivity index (χ0v) is 12.8. The second kappa shape index (κ2) is 3.74. The van der Waals surface area contributed by atoms with Crippen LogP contribution in [0.1, 0.15) is 73.1 Å². The van der Waals surface area contributed by atoms with Gasteiger partial charge in [0.25, 0.3) is 0 Å². The van der Waals surface area contributed by atoms with E-state index in [2.05, 4.69) is 34.6 Å². The van der Waals surface area contributed by atoms with E-state index in [9.17, 15) is 0 Å². The predicted octanol–water partition coefficient (Wildman–Crippen LogP) is 5.65. The van der Waals surface area contributed by atoms with Gasteiger partial charge in [-0.3, -0.25) is 0 Å². The number of hydrogen-bond acceptors (Lipinski definition) is 0. The molecule has 0 saturated heterocycles. The maximum Gasteiger partial charge on any atom is -0.00160 e. The minimum Gasteiger partial charge on any atom is -0.0698 e. The highest BCUT2D eigenvalue weighted by atomic mass is 14.6. The quantitative estimate of drug-likeness (QED) is 0.559. The van der Waals surface area contributed by atoms with Crippen LogP contribution in [0.4, 0.5) is 0 Å². The van der Waals surface area contributed by atoms with E-state index in [-0.39, 0.29) is 0 Å². The van der Waals surface area contributed by atoms with E-state index in [4.69, 9.17) is 0 Å². The van der Waals surface area contributed by atoms with Crippen LogP contribution in [-0.4, -0.2) is 0 Å². The molecule has 0 heteroatoms. The van der Waals surface area contributed by atoms with Crippen molar-refractivity contribution in [1.29, 1.82) is 0 Å². The van der Waals surface area contributed by atoms with Gasteiger partial charge in [-0.05, 0) is 80.3 Å². The van der Waals surface area contributed by atoms with Crippen LogP contribution in [0.15, 0.2) is 22.3 Å². The summed E-state index contributed by atoms with van der Waals surface area (Å²) in [5.41, 5.74) is 7.93. The minimum atomic E-state index is 0.454. The SMILES string of the molecule is CC1=C(C2=C(C)[C@@H]3CC[C@]2(C)C3(C)C)CCCC1. The molecule has 0 aliphatic heterocycles. The second-order valence-corrected chi connectivity index (χ2v) is 7.67. The summed E-state index contributed by atoms with van der Waals surface area (Å²) < 4.78 is 0. The molecule has 2 bridgehead atoms. The lowest BCUT2D eigenvalue weighted by molar-refractivity contribution is 0.171. The molecule has 0 aromatic rings. The molecule has 0 heterocycles. The van der Waals surface area contributed by atoms with Crippen molar-refractivity contribution in [1.82, 2.24) is 0 Å². The highest BCUT2D eigenvalue weighted by Crippen LogP contribution is 2.69. The maximum atomic E-state index is 2.55. The van der Waals surface area contributed by atoms with Gasteiger partial charge in [0, 0.05) is 0 Å². The molecule has 0 unspecified atom stereocenters. The van der Waals surface area contributed by atoms with Gasteiger partial charge in [0.1, 0.15) is 0 Å². The second-order valence-electron chi connectivity index (χ2n) is 7.67. The van der Waals surface area contributed by atoms with E-state index in [1.165, 1.54) is 38.5 Å². The molecule has 0 aromatic heterocycles. The van der Waals surface area contributed by atoms with Gasteiger partial charge in [0.15, 0.2) is 0 Å². The molecule has 0 N–H and O–H groups in total. The van der Waals surface area contributed by atoms with Crippen molar-refractivity contribution in [3.05, 3.63) is 22.3 Å². The largest absolute Gasteiger partial charge is 0.0698 e. The lowest BCUT2D eigenvalue weighted by Gasteiger charge is -2.39. The molecule has 1 saturated carbocycles. The number of fused-ring (bicyclic) bond motifs is 2. The maximum absolute atomic E-state index is 2.55. The van der Waals surface area contributed by atoms with Crippen LogP contribution >= 0.6 is 0 Å². The molecule has 0 radical (unpaired) electrons. The Morgan fingerprint density at radius 3 is 2.22 bits per heavy atom. The first-order valence-electron chi connectivity index (χ1n) is 7.80. The van der Waals surface area contributed by atoms with Gasteiger partial charge in [-0.15, -0.1) is 0 Å².